The molecule has 2 heterocycles. The van der Waals surface area contributed by atoms with Gasteiger partial charge in [0.05, 0.1) is 0 Å². The van der Waals surface area contributed by atoms with E-state index in [1.54, 1.807) is 0 Å². The minimum Gasteiger partial charge on any atom is -0.485 e. The van der Waals surface area contributed by atoms with Crippen molar-refractivity contribution in [1.29, 1.82) is 0 Å². The highest BCUT2D eigenvalue weighted by Gasteiger charge is 2.27. The van der Waals surface area contributed by atoms with Crippen LogP contribution in [-0.2, 0) is 4.79 Å². The summed E-state index contributed by atoms with van der Waals surface area (Å²) in [6.07, 6.45) is -0.656. The molecule has 148 valence electrons. The lowest BCUT2D eigenvalue weighted by molar-refractivity contribution is -0.125. The molecule has 4 rings (SSSR count). The molecule has 2 aliphatic heterocycles. The Morgan fingerprint density at radius 1 is 1.11 bits per heavy atom. The lowest BCUT2D eigenvalue weighted by atomic mass is 10.1. The van der Waals surface area contributed by atoms with E-state index < -0.39 is 6.10 Å². The van der Waals surface area contributed by atoms with Crippen LogP contribution in [0.25, 0.3) is 0 Å². The number of carbonyl (C=O) groups is 1. The minimum absolute atomic E-state index is 0.193. The zero-order chi connectivity index (χ0) is 19.5. The first kappa shape index (κ1) is 18.6. The van der Waals surface area contributed by atoms with Crippen LogP contribution in [0.2, 0.25) is 0 Å². The van der Waals surface area contributed by atoms with Gasteiger partial charge in [0.2, 0.25) is 6.10 Å². The fourth-order valence-corrected chi connectivity index (χ4v) is 3.67. The van der Waals surface area contributed by atoms with E-state index in [1.807, 2.05) is 37.3 Å². The third kappa shape index (κ3) is 3.92. The van der Waals surface area contributed by atoms with Gasteiger partial charge >= 0.3 is 0 Å². The minimum atomic E-state index is -0.656. The van der Waals surface area contributed by atoms with Gasteiger partial charge in [-0.15, -0.1) is 0 Å². The molecule has 1 atom stereocenters. The van der Waals surface area contributed by atoms with Crippen LogP contribution in [0.3, 0.4) is 0 Å². The summed E-state index contributed by atoms with van der Waals surface area (Å²) in [5, 5.41) is 2.99. The standard InChI is InChI=1S/C22H27N3O3/c1-3-24-10-12-25(13-11-24)17-8-9-18(16(2)14-17)23-22(26)21-15-27-19-6-4-5-7-20(19)28-21/h4-9,14,21H,3,10-13,15H2,1-2H3,(H,23,26). The average molecular weight is 381 g/mol. The zero-order valence-corrected chi connectivity index (χ0v) is 16.5. The molecule has 6 nitrogen and oxygen atoms in total. The van der Waals surface area contributed by atoms with Gasteiger partial charge in [-0.05, 0) is 49.4 Å². The highest BCUT2D eigenvalue weighted by Crippen LogP contribution is 2.31. The second-order valence-corrected chi connectivity index (χ2v) is 7.27. The smallest absolute Gasteiger partial charge is 0.269 e. The van der Waals surface area contributed by atoms with Crippen molar-refractivity contribution in [2.24, 2.45) is 0 Å². The highest BCUT2D eigenvalue weighted by molar-refractivity contribution is 5.95. The summed E-state index contributed by atoms with van der Waals surface area (Å²) >= 11 is 0. The number of fused-ring (bicyclic) bond motifs is 1. The van der Waals surface area contributed by atoms with Gasteiger partial charge in [0.25, 0.3) is 5.91 Å². The van der Waals surface area contributed by atoms with Gasteiger partial charge in [-0.25, -0.2) is 0 Å². The van der Waals surface area contributed by atoms with E-state index in [0.29, 0.717) is 11.5 Å². The number of carbonyl (C=O) groups excluding carboxylic acids is 1. The SMILES string of the molecule is CCN1CCN(c2ccc(NC(=O)C3COc4ccccc4O3)c(C)c2)CC1. The van der Waals surface area contributed by atoms with E-state index in [0.717, 1.165) is 44.0 Å². The molecular weight excluding hydrogens is 354 g/mol. The Labute approximate surface area is 166 Å². The predicted molar refractivity (Wildman–Crippen MR) is 110 cm³/mol. The Hall–Kier alpha value is -2.73. The number of benzene rings is 2. The molecule has 0 bridgehead atoms. The van der Waals surface area contributed by atoms with Crippen LogP contribution in [0.4, 0.5) is 11.4 Å². The van der Waals surface area contributed by atoms with Crippen molar-refractivity contribution >= 4 is 17.3 Å². The van der Waals surface area contributed by atoms with Crippen molar-refractivity contribution in [3.05, 3.63) is 48.0 Å². The summed E-state index contributed by atoms with van der Waals surface area (Å²) < 4.78 is 11.4. The van der Waals surface area contributed by atoms with E-state index >= 15 is 0 Å². The number of hydrogen-bond acceptors (Lipinski definition) is 5. The lowest BCUT2D eigenvalue weighted by Crippen LogP contribution is -2.46. The maximum atomic E-state index is 12.7. The Morgan fingerprint density at radius 2 is 1.86 bits per heavy atom. The van der Waals surface area contributed by atoms with Gasteiger partial charge in [-0.1, -0.05) is 19.1 Å². The fourth-order valence-electron chi connectivity index (χ4n) is 3.67. The van der Waals surface area contributed by atoms with Crippen molar-refractivity contribution in [1.82, 2.24) is 4.90 Å². The van der Waals surface area contributed by atoms with Crippen molar-refractivity contribution in [3.8, 4) is 11.5 Å². The number of nitrogens with one attached hydrogen (secondary N) is 1. The molecule has 1 amide bonds. The molecule has 6 heteroatoms. The number of hydrogen-bond donors (Lipinski definition) is 1. The molecule has 0 saturated carbocycles. The maximum absolute atomic E-state index is 12.7. The molecule has 0 aliphatic carbocycles. The number of para-hydroxylation sites is 2. The molecule has 2 aliphatic rings. The molecule has 1 N–H and O–H groups in total. The largest absolute Gasteiger partial charge is 0.485 e. The second kappa shape index (κ2) is 8.10. The normalized spacial score (nSPS) is 19.4. The van der Waals surface area contributed by atoms with Crippen LogP contribution in [0, 0.1) is 6.92 Å². The predicted octanol–water partition coefficient (Wildman–Crippen LogP) is 2.92. The molecule has 28 heavy (non-hydrogen) atoms. The first-order valence-corrected chi connectivity index (χ1v) is 9.91. The Kier molecular flexibility index (Phi) is 5.39. The summed E-state index contributed by atoms with van der Waals surface area (Å²) in [7, 11) is 0. The van der Waals surface area contributed by atoms with E-state index in [1.165, 1.54) is 5.69 Å². The summed E-state index contributed by atoms with van der Waals surface area (Å²) in [5.41, 5.74) is 3.06. The van der Waals surface area contributed by atoms with Crippen LogP contribution in [0.1, 0.15) is 12.5 Å². The monoisotopic (exact) mass is 381 g/mol. The van der Waals surface area contributed by atoms with Crippen LogP contribution in [0.5, 0.6) is 11.5 Å². The number of likely N-dealkylation sites (N-methyl/N-ethyl adjacent to an activating group) is 1. The van der Waals surface area contributed by atoms with E-state index in [-0.39, 0.29) is 12.5 Å². The van der Waals surface area contributed by atoms with Gasteiger partial charge in [0, 0.05) is 37.6 Å². The number of anilines is 2. The zero-order valence-electron chi connectivity index (χ0n) is 16.5. The summed E-state index contributed by atoms with van der Waals surface area (Å²) in [5.74, 6) is 1.09. The first-order valence-electron chi connectivity index (χ1n) is 9.91. The number of piperazine rings is 1. The maximum Gasteiger partial charge on any atom is 0.269 e. The Morgan fingerprint density at radius 3 is 2.57 bits per heavy atom. The number of aryl methyl sites for hydroxylation is 1. The van der Waals surface area contributed by atoms with Gasteiger partial charge in [-0.2, -0.15) is 0 Å². The molecular formula is C22H27N3O3. The quantitative estimate of drug-likeness (QED) is 0.883. The van der Waals surface area contributed by atoms with Gasteiger partial charge in [0.1, 0.15) is 6.61 Å². The molecule has 1 fully saturated rings. The van der Waals surface area contributed by atoms with Gasteiger partial charge in [-0.3, -0.25) is 4.79 Å². The summed E-state index contributed by atoms with van der Waals surface area (Å²) in [6.45, 7) is 9.79. The van der Waals surface area contributed by atoms with Crippen LogP contribution < -0.4 is 19.7 Å². The number of amides is 1. The van der Waals surface area contributed by atoms with Gasteiger partial charge in [0.15, 0.2) is 11.5 Å². The third-order valence-electron chi connectivity index (χ3n) is 5.45. The topological polar surface area (TPSA) is 54.0 Å². The number of rotatable bonds is 4. The molecule has 0 spiro atoms. The number of ether oxygens (including phenoxy) is 2. The summed E-state index contributed by atoms with van der Waals surface area (Å²) in [6, 6.07) is 13.6. The van der Waals surface area contributed by atoms with Crippen molar-refractivity contribution < 1.29 is 14.3 Å². The fraction of sp³-hybridized carbons (Fsp3) is 0.409. The van der Waals surface area contributed by atoms with Crippen LogP contribution in [-0.4, -0.2) is 56.2 Å². The molecule has 0 aromatic heterocycles. The van der Waals surface area contributed by atoms with Crippen molar-refractivity contribution in [2.75, 3.05) is 49.5 Å². The van der Waals surface area contributed by atoms with Crippen molar-refractivity contribution in [3.63, 3.8) is 0 Å². The number of nitrogens with zero attached hydrogens (tertiary/aromatic N) is 2. The molecule has 1 saturated heterocycles. The second-order valence-electron chi connectivity index (χ2n) is 7.27. The molecule has 2 aromatic carbocycles. The average Bonchev–Trinajstić information content (AvgIpc) is 2.74. The lowest BCUT2D eigenvalue weighted by Gasteiger charge is -2.35. The van der Waals surface area contributed by atoms with E-state index in [9.17, 15) is 4.79 Å². The van der Waals surface area contributed by atoms with Crippen LogP contribution in [0.15, 0.2) is 42.5 Å². The Bertz CT molecular complexity index is 847. The van der Waals surface area contributed by atoms with Crippen molar-refractivity contribution in [2.45, 2.75) is 20.0 Å². The van der Waals surface area contributed by atoms with Gasteiger partial charge < -0.3 is 24.6 Å². The van der Waals surface area contributed by atoms with E-state index in [4.69, 9.17) is 9.47 Å². The molecule has 0 radical (unpaired) electrons. The molecule has 1 unspecified atom stereocenters. The summed E-state index contributed by atoms with van der Waals surface area (Å²) in [4.78, 5) is 17.5. The van der Waals surface area contributed by atoms with Crippen LogP contribution >= 0.6 is 0 Å². The van der Waals surface area contributed by atoms with E-state index in [2.05, 4.69) is 34.2 Å². The molecule has 2 aromatic rings. The highest BCUT2D eigenvalue weighted by atomic mass is 16.6. The third-order valence-corrected chi connectivity index (χ3v) is 5.45. The Balaban J connectivity index is 1.39. The first-order chi connectivity index (χ1) is 13.6.